The number of hydrogen-bond acceptors (Lipinski definition) is 5. The molecule has 2 aromatic carbocycles. The van der Waals surface area contributed by atoms with Crippen LogP contribution in [0.15, 0.2) is 48.5 Å². The lowest BCUT2D eigenvalue weighted by Gasteiger charge is -2.24. The van der Waals surface area contributed by atoms with Gasteiger partial charge in [-0.15, -0.1) is 11.3 Å². The Bertz CT molecular complexity index is 1090. The number of hydrogen-bond donors (Lipinski definition) is 2. The number of ether oxygens (including phenoxy) is 1. The Morgan fingerprint density at radius 3 is 2.86 bits per heavy atom. The fraction of sp³-hybridized carbons (Fsp3) is 0.190. The zero-order chi connectivity index (χ0) is 19.7. The van der Waals surface area contributed by atoms with E-state index in [0.717, 1.165) is 15.6 Å². The quantitative estimate of drug-likeness (QED) is 0.651. The Hall–Kier alpha value is -3.19. The van der Waals surface area contributed by atoms with Crippen LogP contribution in [0.3, 0.4) is 0 Å². The van der Waals surface area contributed by atoms with Crippen LogP contribution in [0, 0.1) is 0 Å². The third kappa shape index (κ3) is 3.48. The highest BCUT2D eigenvalue weighted by molar-refractivity contribution is 7.20. The molecule has 0 bridgehead atoms. The maximum atomic E-state index is 12.8. The van der Waals surface area contributed by atoms with Crippen LogP contribution in [0.5, 0.6) is 0 Å². The maximum Gasteiger partial charge on any atom is 0.348 e. The van der Waals surface area contributed by atoms with E-state index >= 15 is 0 Å². The molecule has 2 amide bonds. The summed E-state index contributed by atoms with van der Waals surface area (Å²) >= 11 is 1.35. The number of rotatable bonds is 4. The molecule has 1 aliphatic heterocycles. The highest BCUT2D eigenvalue weighted by atomic mass is 32.1. The largest absolute Gasteiger partial charge is 0.462 e. The van der Waals surface area contributed by atoms with Gasteiger partial charge in [0.2, 0.25) is 11.8 Å². The molecule has 7 heteroatoms. The van der Waals surface area contributed by atoms with E-state index in [1.54, 1.807) is 25.1 Å². The van der Waals surface area contributed by atoms with Crippen molar-refractivity contribution in [1.82, 2.24) is 0 Å². The van der Waals surface area contributed by atoms with Crippen LogP contribution in [-0.4, -0.2) is 24.4 Å². The standard InChI is InChI=1S/C21H18N2O4S/c1-2-27-21(26)18-10-12-9-13(7-8-17(12)28-18)22-20(25)15-11-19(24)23-16-6-4-3-5-14(15)16/h3-10,15H,2,11H2,1H3,(H,22,25)(H,23,24). The SMILES string of the molecule is CCOC(=O)c1cc2cc(NC(=O)C3CC(=O)Nc4ccccc43)ccc2s1. The minimum absolute atomic E-state index is 0.108. The van der Waals surface area contributed by atoms with Crippen LogP contribution in [0.4, 0.5) is 11.4 Å². The molecule has 0 saturated heterocycles. The zero-order valence-electron chi connectivity index (χ0n) is 15.2. The van der Waals surface area contributed by atoms with E-state index in [1.165, 1.54) is 11.3 Å². The van der Waals surface area contributed by atoms with E-state index in [-0.39, 0.29) is 24.2 Å². The molecule has 1 aromatic heterocycles. The van der Waals surface area contributed by atoms with Crippen molar-refractivity contribution >= 4 is 50.6 Å². The van der Waals surface area contributed by atoms with Gasteiger partial charge in [-0.3, -0.25) is 9.59 Å². The molecule has 3 aromatic rings. The van der Waals surface area contributed by atoms with Gasteiger partial charge in [0, 0.05) is 22.5 Å². The van der Waals surface area contributed by atoms with Gasteiger partial charge in [-0.2, -0.15) is 0 Å². The number of carbonyl (C=O) groups is 3. The van der Waals surface area contributed by atoms with E-state index in [2.05, 4.69) is 10.6 Å². The van der Waals surface area contributed by atoms with Gasteiger partial charge in [0.25, 0.3) is 0 Å². The molecule has 1 aliphatic rings. The molecule has 0 saturated carbocycles. The number of esters is 1. The summed E-state index contributed by atoms with van der Waals surface area (Å²) in [5, 5.41) is 6.55. The molecule has 28 heavy (non-hydrogen) atoms. The van der Waals surface area contributed by atoms with Crippen molar-refractivity contribution in [3.05, 3.63) is 59.0 Å². The van der Waals surface area contributed by atoms with Crippen LogP contribution in [0.25, 0.3) is 10.1 Å². The summed E-state index contributed by atoms with van der Waals surface area (Å²) in [7, 11) is 0. The average Bonchev–Trinajstić information content (AvgIpc) is 3.11. The Balaban J connectivity index is 1.57. The van der Waals surface area contributed by atoms with Crippen LogP contribution in [-0.2, 0) is 14.3 Å². The first-order chi connectivity index (χ1) is 13.5. The third-order valence-corrected chi connectivity index (χ3v) is 5.67. The summed E-state index contributed by atoms with van der Waals surface area (Å²) in [5.74, 6) is -1.30. The van der Waals surface area contributed by atoms with Crippen molar-refractivity contribution in [3.8, 4) is 0 Å². The Kier molecular flexibility index (Phi) is 4.83. The van der Waals surface area contributed by atoms with Gasteiger partial charge in [0.15, 0.2) is 0 Å². The molecule has 4 rings (SSSR count). The summed E-state index contributed by atoms with van der Waals surface area (Å²) in [5.41, 5.74) is 2.10. The number of benzene rings is 2. The number of nitrogens with one attached hydrogen (secondary N) is 2. The molecule has 0 fully saturated rings. The normalized spacial score (nSPS) is 15.6. The van der Waals surface area contributed by atoms with Crippen molar-refractivity contribution in [2.45, 2.75) is 19.3 Å². The van der Waals surface area contributed by atoms with E-state index in [1.807, 2.05) is 30.3 Å². The summed E-state index contributed by atoms with van der Waals surface area (Å²) in [6.07, 6.45) is 0.108. The maximum absolute atomic E-state index is 12.8. The van der Waals surface area contributed by atoms with E-state index in [4.69, 9.17) is 4.74 Å². The molecule has 6 nitrogen and oxygen atoms in total. The number of thiophene rings is 1. The monoisotopic (exact) mass is 394 g/mol. The van der Waals surface area contributed by atoms with Gasteiger partial charge >= 0.3 is 5.97 Å². The van der Waals surface area contributed by atoms with Gasteiger partial charge in [-0.1, -0.05) is 18.2 Å². The minimum Gasteiger partial charge on any atom is -0.462 e. The third-order valence-electron chi connectivity index (χ3n) is 4.58. The molecule has 1 unspecified atom stereocenters. The Morgan fingerprint density at radius 1 is 1.21 bits per heavy atom. The summed E-state index contributed by atoms with van der Waals surface area (Å²) in [6, 6.07) is 14.6. The van der Waals surface area contributed by atoms with Gasteiger partial charge in [-0.25, -0.2) is 4.79 Å². The van der Waals surface area contributed by atoms with Crippen molar-refractivity contribution in [1.29, 1.82) is 0 Å². The van der Waals surface area contributed by atoms with Gasteiger partial charge in [-0.05, 0) is 48.2 Å². The van der Waals surface area contributed by atoms with Crippen LogP contribution in [0.1, 0.15) is 34.5 Å². The second-order valence-electron chi connectivity index (χ2n) is 6.47. The van der Waals surface area contributed by atoms with Gasteiger partial charge < -0.3 is 15.4 Å². The molecule has 1 atom stereocenters. The lowest BCUT2D eigenvalue weighted by molar-refractivity contribution is -0.123. The van der Waals surface area contributed by atoms with Gasteiger partial charge in [0.1, 0.15) is 4.88 Å². The molecule has 0 spiro atoms. The Morgan fingerprint density at radius 2 is 2.04 bits per heavy atom. The molecule has 0 aliphatic carbocycles. The minimum atomic E-state index is -0.543. The van der Waals surface area contributed by atoms with E-state index < -0.39 is 5.92 Å². The first-order valence-corrected chi connectivity index (χ1v) is 9.77. The summed E-state index contributed by atoms with van der Waals surface area (Å²) < 4.78 is 5.97. The van der Waals surface area contributed by atoms with Crippen LogP contribution in [0.2, 0.25) is 0 Å². The number of carbonyl (C=O) groups excluding carboxylic acids is 3. The van der Waals surface area contributed by atoms with Crippen molar-refractivity contribution in [2.75, 3.05) is 17.2 Å². The van der Waals surface area contributed by atoms with Crippen molar-refractivity contribution in [3.63, 3.8) is 0 Å². The molecular weight excluding hydrogens is 376 g/mol. The highest BCUT2D eigenvalue weighted by Crippen LogP contribution is 2.34. The van der Waals surface area contributed by atoms with Crippen molar-refractivity contribution in [2.24, 2.45) is 0 Å². The fourth-order valence-corrected chi connectivity index (χ4v) is 4.24. The van der Waals surface area contributed by atoms with E-state index in [0.29, 0.717) is 22.9 Å². The second kappa shape index (κ2) is 7.44. The number of para-hydroxylation sites is 1. The molecule has 2 heterocycles. The van der Waals surface area contributed by atoms with Crippen LogP contribution >= 0.6 is 11.3 Å². The number of amides is 2. The summed E-state index contributed by atoms with van der Waals surface area (Å²) in [4.78, 5) is 37.2. The number of fused-ring (bicyclic) bond motifs is 2. The predicted molar refractivity (Wildman–Crippen MR) is 109 cm³/mol. The predicted octanol–water partition coefficient (Wildman–Crippen LogP) is 4.14. The second-order valence-corrected chi connectivity index (χ2v) is 7.55. The molecule has 2 N–H and O–H groups in total. The average molecular weight is 394 g/mol. The van der Waals surface area contributed by atoms with Gasteiger partial charge in [0.05, 0.1) is 12.5 Å². The Labute approximate surface area is 165 Å². The summed E-state index contributed by atoms with van der Waals surface area (Å²) in [6.45, 7) is 2.09. The zero-order valence-corrected chi connectivity index (χ0v) is 16.0. The molecular formula is C21H18N2O4S. The van der Waals surface area contributed by atoms with Crippen molar-refractivity contribution < 1.29 is 19.1 Å². The first kappa shape index (κ1) is 18.2. The molecule has 142 valence electrons. The highest BCUT2D eigenvalue weighted by Gasteiger charge is 2.30. The van der Waals surface area contributed by atoms with E-state index in [9.17, 15) is 14.4 Å². The fourth-order valence-electron chi connectivity index (χ4n) is 3.30. The first-order valence-electron chi connectivity index (χ1n) is 8.95. The van der Waals surface area contributed by atoms with Crippen LogP contribution < -0.4 is 10.6 Å². The lowest BCUT2D eigenvalue weighted by Crippen LogP contribution is -2.30. The smallest absolute Gasteiger partial charge is 0.348 e. The number of anilines is 2. The lowest BCUT2D eigenvalue weighted by atomic mass is 9.90. The topological polar surface area (TPSA) is 84.5 Å². The molecule has 0 radical (unpaired) electrons.